The number of nitrogens with zero attached hydrogens (tertiary/aromatic N) is 3. The number of piperidine rings is 1. The molecule has 0 saturated carbocycles. The standard InChI is InChI=1S/C18H23FN6O2.ClH/c1-25-18(23-17(24-25)13-5-7-20-8-6-13)22-16(27)11-21-15(26)10-12-3-2-4-14(19)9-12;/h2-4,9,13,20H,5-8,10-11H2,1H3,(H,21,26)(H,22,23,24,27);1H. The first-order valence-corrected chi connectivity index (χ1v) is 8.94. The van der Waals surface area contributed by atoms with Crippen molar-refractivity contribution in [1.29, 1.82) is 0 Å². The molecule has 0 bridgehead atoms. The maximum Gasteiger partial charge on any atom is 0.246 e. The summed E-state index contributed by atoms with van der Waals surface area (Å²) in [5.41, 5.74) is 0.549. The van der Waals surface area contributed by atoms with Gasteiger partial charge in [-0.2, -0.15) is 10.1 Å². The van der Waals surface area contributed by atoms with Gasteiger partial charge in [-0.25, -0.2) is 9.07 Å². The van der Waals surface area contributed by atoms with Crippen LogP contribution in [0.1, 0.15) is 30.1 Å². The third kappa shape index (κ3) is 6.00. The molecule has 3 rings (SSSR count). The maximum absolute atomic E-state index is 13.1. The Kier molecular flexibility index (Phi) is 7.89. The molecule has 28 heavy (non-hydrogen) atoms. The van der Waals surface area contributed by atoms with E-state index in [2.05, 4.69) is 26.0 Å². The normalized spacial score (nSPS) is 14.2. The molecule has 1 aromatic heterocycles. The van der Waals surface area contributed by atoms with Crippen molar-refractivity contribution >= 4 is 30.2 Å². The van der Waals surface area contributed by atoms with Crippen LogP contribution >= 0.6 is 12.4 Å². The van der Waals surface area contributed by atoms with E-state index in [0.29, 0.717) is 11.5 Å². The molecule has 3 N–H and O–H groups in total. The Hall–Kier alpha value is -2.52. The molecule has 1 aliphatic heterocycles. The lowest BCUT2D eigenvalue weighted by Gasteiger charge is -2.19. The molecule has 152 valence electrons. The van der Waals surface area contributed by atoms with Gasteiger partial charge in [-0.1, -0.05) is 12.1 Å². The van der Waals surface area contributed by atoms with Crippen molar-refractivity contribution in [2.75, 3.05) is 25.0 Å². The van der Waals surface area contributed by atoms with Gasteiger partial charge in [0.2, 0.25) is 17.8 Å². The molecule has 1 aliphatic rings. The summed E-state index contributed by atoms with van der Waals surface area (Å²) in [6.45, 7) is 1.67. The van der Waals surface area contributed by atoms with Gasteiger partial charge < -0.3 is 10.6 Å². The molecule has 1 fully saturated rings. The van der Waals surface area contributed by atoms with E-state index in [9.17, 15) is 14.0 Å². The first-order valence-electron chi connectivity index (χ1n) is 8.94. The van der Waals surface area contributed by atoms with Gasteiger partial charge in [0, 0.05) is 13.0 Å². The predicted octanol–water partition coefficient (Wildman–Crippen LogP) is 1.14. The van der Waals surface area contributed by atoms with Crippen molar-refractivity contribution in [3.8, 4) is 0 Å². The Balaban J connectivity index is 0.00000280. The number of amides is 2. The minimum absolute atomic E-state index is 0. The van der Waals surface area contributed by atoms with Gasteiger partial charge in [0.15, 0.2) is 5.82 Å². The van der Waals surface area contributed by atoms with E-state index in [-0.39, 0.29) is 37.2 Å². The Morgan fingerprint density at radius 2 is 2.04 bits per heavy atom. The minimum atomic E-state index is -0.398. The molecule has 2 heterocycles. The van der Waals surface area contributed by atoms with Crippen molar-refractivity contribution < 1.29 is 14.0 Å². The van der Waals surface area contributed by atoms with Crippen molar-refractivity contribution in [1.82, 2.24) is 25.4 Å². The predicted molar refractivity (Wildman–Crippen MR) is 105 cm³/mol. The molecule has 2 aromatic rings. The second-order valence-corrected chi connectivity index (χ2v) is 6.57. The number of aromatic nitrogens is 3. The van der Waals surface area contributed by atoms with Gasteiger partial charge in [-0.05, 0) is 43.6 Å². The van der Waals surface area contributed by atoms with Gasteiger partial charge in [-0.3, -0.25) is 14.9 Å². The Labute approximate surface area is 168 Å². The molecule has 0 radical (unpaired) electrons. The van der Waals surface area contributed by atoms with E-state index in [1.54, 1.807) is 19.2 Å². The van der Waals surface area contributed by atoms with Crippen LogP contribution in [0.2, 0.25) is 0 Å². The van der Waals surface area contributed by atoms with Crippen molar-refractivity contribution in [2.24, 2.45) is 7.05 Å². The fourth-order valence-corrected chi connectivity index (χ4v) is 3.01. The summed E-state index contributed by atoms with van der Waals surface area (Å²) in [4.78, 5) is 28.4. The van der Waals surface area contributed by atoms with Crippen LogP contribution in [0.15, 0.2) is 24.3 Å². The lowest BCUT2D eigenvalue weighted by Crippen LogP contribution is -2.34. The average molecular weight is 411 g/mol. The summed E-state index contributed by atoms with van der Waals surface area (Å²) in [5, 5.41) is 12.9. The highest BCUT2D eigenvalue weighted by Crippen LogP contribution is 2.23. The number of nitrogens with one attached hydrogen (secondary N) is 3. The summed E-state index contributed by atoms with van der Waals surface area (Å²) in [7, 11) is 1.72. The topological polar surface area (TPSA) is 101 Å². The highest BCUT2D eigenvalue weighted by Gasteiger charge is 2.21. The van der Waals surface area contributed by atoms with Gasteiger partial charge in [0.25, 0.3) is 0 Å². The second kappa shape index (κ2) is 10.1. The molecule has 0 unspecified atom stereocenters. The minimum Gasteiger partial charge on any atom is -0.347 e. The van der Waals surface area contributed by atoms with Gasteiger partial charge in [0.05, 0.1) is 13.0 Å². The zero-order chi connectivity index (χ0) is 19.2. The Morgan fingerprint density at radius 1 is 1.29 bits per heavy atom. The number of rotatable bonds is 6. The van der Waals surface area contributed by atoms with Gasteiger partial charge in [-0.15, -0.1) is 12.4 Å². The molecule has 0 spiro atoms. The Bertz CT molecular complexity index is 822. The molecule has 2 amide bonds. The molecule has 0 atom stereocenters. The third-order valence-corrected chi connectivity index (χ3v) is 4.43. The number of hydrogen-bond acceptors (Lipinski definition) is 5. The smallest absolute Gasteiger partial charge is 0.246 e. The van der Waals surface area contributed by atoms with E-state index < -0.39 is 11.7 Å². The lowest BCUT2D eigenvalue weighted by atomic mass is 9.98. The van der Waals surface area contributed by atoms with Gasteiger partial charge >= 0.3 is 0 Å². The lowest BCUT2D eigenvalue weighted by molar-refractivity contribution is -0.123. The number of halogens is 2. The molecule has 0 aliphatic carbocycles. The molecule has 1 saturated heterocycles. The average Bonchev–Trinajstić information content (AvgIpc) is 3.01. The summed E-state index contributed by atoms with van der Waals surface area (Å²) in [6.07, 6.45) is 1.94. The fourth-order valence-electron chi connectivity index (χ4n) is 3.01. The van der Waals surface area contributed by atoms with Crippen LogP contribution in [0.4, 0.5) is 10.3 Å². The zero-order valence-corrected chi connectivity index (χ0v) is 16.4. The number of carbonyl (C=O) groups is 2. The molecule has 1 aromatic carbocycles. The first-order chi connectivity index (χ1) is 13.0. The highest BCUT2D eigenvalue weighted by atomic mass is 35.5. The summed E-state index contributed by atoms with van der Waals surface area (Å²) in [6, 6.07) is 5.80. The van der Waals surface area contributed by atoms with Crippen molar-refractivity contribution in [2.45, 2.75) is 25.2 Å². The molecular weight excluding hydrogens is 387 g/mol. The number of aryl methyl sites for hydroxylation is 1. The van der Waals surface area contributed by atoms with Crippen LogP contribution < -0.4 is 16.0 Å². The van der Waals surface area contributed by atoms with E-state index in [1.807, 2.05) is 0 Å². The molecule has 8 nitrogen and oxygen atoms in total. The monoisotopic (exact) mass is 410 g/mol. The summed E-state index contributed by atoms with van der Waals surface area (Å²) < 4.78 is 14.7. The van der Waals surface area contributed by atoms with Crippen molar-refractivity contribution in [3.05, 3.63) is 41.5 Å². The first kappa shape index (κ1) is 21.8. The van der Waals surface area contributed by atoms with Crippen LogP contribution in [-0.2, 0) is 23.1 Å². The quantitative estimate of drug-likeness (QED) is 0.663. The number of benzene rings is 1. The highest BCUT2D eigenvalue weighted by molar-refractivity contribution is 5.93. The second-order valence-electron chi connectivity index (χ2n) is 6.57. The Morgan fingerprint density at radius 3 is 2.75 bits per heavy atom. The van der Waals surface area contributed by atoms with Crippen LogP contribution in [0, 0.1) is 5.82 Å². The SMILES string of the molecule is Cl.Cn1nc(C2CCNCC2)nc1NC(=O)CNC(=O)Cc1cccc(F)c1. The molecule has 10 heteroatoms. The zero-order valence-electron chi connectivity index (χ0n) is 15.6. The number of anilines is 1. The number of carbonyl (C=O) groups excluding carboxylic acids is 2. The van der Waals surface area contributed by atoms with Crippen LogP contribution in [0.5, 0.6) is 0 Å². The van der Waals surface area contributed by atoms with Gasteiger partial charge in [0.1, 0.15) is 5.82 Å². The van der Waals surface area contributed by atoms with Crippen LogP contribution in [0.3, 0.4) is 0 Å². The van der Waals surface area contributed by atoms with E-state index >= 15 is 0 Å². The largest absolute Gasteiger partial charge is 0.347 e. The third-order valence-electron chi connectivity index (χ3n) is 4.43. The fraction of sp³-hybridized carbons (Fsp3) is 0.444. The maximum atomic E-state index is 13.1. The number of hydrogen-bond donors (Lipinski definition) is 3. The molecular formula is C18H24ClFN6O2. The van der Waals surface area contributed by atoms with E-state index in [1.165, 1.54) is 16.8 Å². The van der Waals surface area contributed by atoms with E-state index in [0.717, 1.165) is 31.8 Å². The van der Waals surface area contributed by atoms with Crippen LogP contribution in [0.25, 0.3) is 0 Å². The van der Waals surface area contributed by atoms with Crippen molar-refractivity contribution in [3.63, 3.8) is 0 Å². The summed E-state index contributed by atoms with van der Waals surface area (Å²) >= 11 is 0. The van der Waals surface area contributed by atoms with Crippen LogP contribution in [-0.4, -0.2) is 46.2 Å². The van der Waals surface area contributed by atoms with E-state index in [4.69, 9.17) is 0 Å². The summed E-state index contributed by atoms with van der Waals surface area (Å²) in [5.74, 6) is 0.218.